The molecule has 0 aliphatic heterocycles. The molecule has 0 saturated heterocycles. The Hall–Kier alpha value is -1.72. The highest BCUT2D eigenvalue weighted by Crippen LogP contribution is 2.15. The summed E-state index contributed by atoms with van der Waals surface area (Å²) in [6.07, 6.45) is 3.90. The Labute approximate surface area is 156 Å². The van der Waals surface area contributed by atoms with Crippen molar-refractivity contribution in [1.82, 2.24) is 5.32 Å². The van der Waals surface area contributed by atoms with Gasteiger partial charge in [0.2, 0.25) is 0 Å². The molecule has 4 nitrogen and oxygen atoms in total. The Balaban J connectivity index is 1.75. The molecule has 0 spiro atoms. The number of aliphatic hydroxyl groups excluding tert-OH is 3. The minimum absolute atomic E-state index is 0.275. The average molecular weight is 357 g/mol. The largest absolute Gasteiger partial charge is 0.394 e. The summed E-state index contributed by atoms with van der Waals surface area (Å²) in [6.45, 7) is 1.98. The van der Waals surface area contributed by atoms with Crippen LogP contribution in [-0.2, 0) is 12.8 Å². The SMILES string of the molecule is Cc1ccccc1Cc1ccc(CCCCNC(CO)(CO)CO)cc1. The van der Waals surface area contributed by atoms with E-state index in [2.05, 4.69) is 60.8 Å². The molecule has 0 unspecified atom stereocenters. The molecule has 0 aliphatic carbocycles. The molecule has 2 aromatic rings. The molecule has 0 fully saturated rings. The Kier molecular flexibility index (Phi) is 8.26. The maximum Gasteiger partial charge on any atom is 0.0881 e. The van der Waals surface area contributed by atoms with Gasteiger partial charge in [-0.25, -0.2) is 0 Å². The summed E-state index contributed by atoms with van der Waals surface area (Å²) >= 11 is 0. The lowest BCUT2D eigenvalue weighted by molar-refractivity contribution is 0.0426. The van der Waals surface area contributed by atoms with Gasteiger partial charge in [-0.3, -0.25) is 0 Å². The van der Waals surface area contributed by atoms with Crippen LogP contribution in [0.15, 0.2) is 48.5 Å². The maximum atomic E-state index is 9.28. The molecule has 142 valence electrons. The first kappa shape index (κ1) is 20.6. The first-order chi connectivity index (χ1) is 12.6. The summed E-state index contributed by atoms with van der Waals surface area (Å²) in [7, 11) is 0. The zero-order chi connectivity index (χ0) is 18.8. The molecule has 0 heterocycles. The van der Waals surface area contributed by atoms with Gasteiger partial charge in [0, 0.05) is 0 Å². The van der Waals surface area contributed by atoms with Crippen LogP contribution in [0.2, 0.25) is 0 Å². The third-order valence-electron chi connectivity index (χ3n) is 4.98. The Morgan fingerprint density at radius 1 is 0.808 bits per heavy atom. The van der Waals surface area contributed by atoms with Crippen molar-refractivity contribution in [3.05, 3.63) is 70.8 Å². The Bertz CT molecular complexity index is 642. The van der Waals surface area contributed by atoms with Crippen molar-refractivity contribution >= 4 is 0 Å². The first-order valence-electron chi connectivity index (χ1n) is 9.32. The van der Waals surface area contributed by atoms with Crippen LogP contribution in [0.25, 0.3) is 0 Å². The monoisotopic (exact) mass is 357 g/mol. The van der Waals surface area contributed by atoms with Crippen LogP contribution in [0.3, 0.4) is 0 Å². The minimum Gasteiger partial charge on any atom is -0.394 e. The molecule has 0 aromatic heterocycles. The zero-order valence-electron chi connectivity index (χ0n) is 15.6. The van der Waals surface area contributed by atoms with Crippen LogP contribution >= 0.6 is 0 Å². The molecule has 2 aromatic carbocycles. The van der Waals surface area contributed by atoms with Crippen LogP contribution in [0.1, 0.15) is 35.1 Å². The van der Waals surface area contributed by atoms with Crippen LogP contribution < -0.4 is 5.32 Å². The molecule has 0 amide bonds. The number of hydrogen-bond acceptors (Lipinski definition) is 4. The second kappa shape index (κ2) is 10.4. The molecule has 2 rings (SSSR count). The first-order valence-corrected chi connectivity index (χ1v) is 9.32. The minimum atomic E-state index is -0.975. The fraction of sp³-hybridized carbons (Fsp3) is 0.455. The number of benzene rings is 2. The summed E-state index contributed by atoms with van der Waals surface area (Å²) in [5.41, 5.74) is 4.36. The van der Waals surface area contributed by atoms with E-state index in [9.17, 15) is 15.3 Å². The lowest BCUT2D eigenvalue weighted by Crippen LogP contribution is -2.55. The Morgan fingerprint density at radius 2 is 1.42 bits per heavy atom. The quantitative estimate of drug-likeness (QED) is 0.465. The van der Waals surface area contributed by atoms with Gasteiger partial charge in [-0.1, -0.05) is 48.5 Å². The summed E-state index contributed by atoms with van der Waals surface area (Å²) in [4.78, 5) is 0. The zero-order valence-corrected chi connectivity index (χ0v) is 15.6. The standard InChI is InChI=1S/C22H31NO3/c1-18-6-2-3-8-21(18)14-20-11-9-19(10-12-20)7-4-5-13-23-22(15-24,16-25)17-26/h2-3,6,8-12,23-26H,4-5,7,13-17H2,1H3. The predicted molar refractivity (Wildman–Crippen MR) is 105 cm³/mol. The van der Waals surface area contributed by atoms with Gasteiger partial charge in [-0.2, -0.15) is 0 Å². The van der Waals surface area contributed by atoms with Crippen LogP contribution in [0, 0.1) is 6.92 Å². The van der Waals surface area contributed by atoms with E-state index < -0.39 is 5.54 Å². The van der Waals surface area contributed by atoms with E-state index in [1.807, 2.05) is 0 Å². The summed E-state index contributed by atoms with van der Waals surface area (Å²) in [5, 5.41) is 30.9. The van der Waals surface area contributed by atoms with Gasteiger partial charge in [0.25, 0.3) is 0 Å². The van der Waals surface area contributed by atoms with Gasteiger partial charge in [0.15, 0.2) is 0 Å². The summed E-state index contributed by atoms with van der Waals surface area (Å²) < 4.78 is 0. The molecular weight excluding hydrogens is 326 g/mol. The third-order valence-corrected chi connectivity index (χ3v) is 4.98. The number of aryl methyl sites for hydroxylation is 2. The third kappa shape index (κ3) is 5.92. The van der Waals surface area contributed by atoms with Gasteiger partial charge in [0.05, 0.1) is 25.4 Å². The fourth-order valence-electron chi connectivity index (χ4n) is 2.98. The number of rotatable bonds is 11. The number of hydrogen-bond donors (Lipinski definition) is 4. The molecule has 0 bridgehead atoms. The van der Waals surface area contributed by atoms with Gasteiger partial charge < -0.3 is 20.6 Å². The van der Waals surface area contributed by atoms with Crippen molar-refractivity contribution in [3.8, 4) is 0 Å². The highest BCUT2D eigenvalue weighted by molar-refractivity contribution is 5.33. The van der Waals surface area contributed by atoms with Gasteiger partial charge in [0.1, 0.15) is 0 Å². The fourth-order valence-corrected chi connectivity index (χ4v) is 2.98. The Morgan fingerprint density at radius 3 is 2.04 bits per heavy atom. The molecule has 26 heavy (non-hydrogen) atoms. The lowest BCUT2D eigenvalue weighted by Gasteiger charge is -2.28. The predicted octanol–water partition coefficient (Wildman–Crippen LogP) is 2.21. The maximum absolute atomic E-state index is 9.28. The van der Waals surface area contributed by atoms with Crippen LogP contribution in [0.4, 0.5) is 0 Å². The number of unbranched alkanes of at least 4 members (excludes halogenated alkanes) is 1. The smallest absolute Gasteiger partial charge is 0.0881 e. The van der Waals surface area contributed by atoms with Gasteiger partial charge in [-0.05, 0) is 61.4 Å². The van der Waals surface area contributed by atoms with E-state index in [1.165, 1.54) is 22.3 Å². The average Bonchev–Trinajstić information content (AvgIpc) is 2.68. The topological polar surface area (TPSA) is 72.7 Å². The molecule has 4 heteroatoms. The molecular formula is C22H31NO3. The molecule has 4 N–H and O–H groups in total. The van der Waals surface area contributed by atoms with E-state index >= 15 is 0 Å². The molecule has 0 atom stereocenters. The van der Waals surface area contributed by atoms with Crippen molar-refractivity contribution < 1.29 is 15.3 Å². The second-order valence-electron chi connectivity index (χ2n) is 7.06. The molecule has 0 radical (unpaired) electrons. The summed E-state index contributed by atoms with van der Waals surface area (Å²) in [6, 6.07) is 17.3. The van der Waals surface area contributed by atoms with Crippen molar-refractivity contribution in [2.24, 2.45) is 0 Å². The van der Waals surface area contributed by atoms with E-state index in [0.29, 0.717) is 6.54 Å². The van der Waals surface area contributed by atoms with Gasteiger partial charge >= 0.3 is 0 Å². The van der Waals surface area contributed by atoms with E-state index in [0.717, 1.165) is 25.7 Å². The van der Waals surface area contributed by atoms with Crippen molar-refractivity contribution in [2.45, 2.75) is 38.1 Å². The summed E-state index contributed by atoms with van der Waals surface area (Å²) in [5.74, 6) is 0. The van der Waals surface area contributed by atoms with E-state index in [-0.39, 0.29) is 19.8 Å². The molecule has 0 aliphatic rings. The van der Waals surface area contributed by atoms with Crippen LogP contribution in [0.5, 0.6) is 0 Å². The number of aliphatic hydroxyl groups is 3. The highest BCUT2D eigenvalue weighted by Gasteiger charge is 2.26. The molecule has 0 saturated carbocycles. The highest BCUT2D eigenvalue weighted by atomic mass is 16.3. The second-order valence-corrected chi connectivity index (χ2v) is 7.06. The number of nitrogens with one attached hydrogen (secondary N) is 1. The van der Waals surface area contributed by atoms with Crippen molar-refractivity contribution in [3.63, 3.8) is 0 Å². The van der Waals surface area contributed by atoms with Crippen LogP contribution in [-0.4, -0.2) is 47.2 Å². The lowest BCUT2D eigenvalue weighted by atomic mass is 9.99. The van der Waals surface area contributed by atoms with E-state index in [1.54, 1.807) is 0 Å². The van der Waals surface area contributed by atoms with Crippen molar-refractivity contribution in [1.29, 1.82) is 0 Å². The van der Waals surface area contributed by atoms with E-state index in [4.69, 9.17) is 0 Å². The normalized spacial score (nSPS) is 11.7. The van der Waals surface area contributed by atoms with Gasteiger partial charge in [-0.15, -0.1) is 0 Å². The van der Waals surface area contributed by atoms with Crippen molar-refractivity contribution in [2.75, 3.05) is 26.4 Å².